The van der Waals surface area contributed by atoms with E-state index in [1.807, 2.05) is 25.3 Å². The molecule has 76 valence electrons. The SMILES string of the molecule is C=CC(NC)c1cc(Cl)ccc1OC. The summed E-state index contributed by atoms with van der Waals surface area (Å²) in [5, 5.41) is 3.81. The second kappa shape index (κ2) is 5.03. The highest BCUT2D eigenvalue weighted by Crippen LogP contribution is 2.28. The third-order valence-corrected chi connectivity index (χ3v) is 2.31. The van der Waals surface area contributed by atoms with Crippen LogP contribution in [0.4, 0.5) is 0 Å². The minimum absolute atomic E-state index is 0.0589. The van der Waals surface area contributed by atoms with E-state index in [9.17, 15) is 0 Å². The van der Waals surface area contributed by atoms with Crippen LogP contribution in [-0.4, -0.2) is 14.2 Å². The molecule has 0 aliphatic carbocycles. The number of nitrogens with one attached hydrogen (secondary N) is 1. The van der Waals surface area contributed by atoms with Crippen LogP contribution in [0.2, 0.25) is 5.02 Å². The average Bonchev–Trinajstić information content (AvgIpc) is 2.20. The Morgan fingerprint density at radius 3 is 2.79 bits per heavy atom. The summed E-state index contributed by atoms with van der Waals surface area (Å²) in [5.41, 5.74) is 0.998. The van der Waals surface area contributed by atoms with Gasteiger partial charge in [-0.25, -0.2) is 0 Å². The van der Waals surface area contributed by atoms with Gasteiger partial charge in [0.25, 0.3) is 0 Å². The quantitative estimate of drug-likeness (QED) is 0.774. The second-order valence-electron chi connectivity index (χ2n) is 2.89. The van der Waals surface area contributed by atoms with E-state index in [1.165, 1.54) is 0 Å². The van der Waals surface area contributed by atoms with Gasteiger partial charge >= 0.3 is 0 Å². The molecule has 1 unspecified atom stereocenters. The molecule has 0 saturated heterocycles. The summed E-state index contributed by atoms with van der Waals surface area (Å²) in [4.78, 5) is 0. The van der Waals surface area contributed by atoms with Gasteiger partial charge in [-0.05, 0) is 25.2 Å². The molecule has 0 bridgehead atoms. The van der Waals surface area contributed by atoms with E-state index in [4.69, 9.17) is 16.3 Å². The van der Waals surface area contributed by atoms with Crippen molar-refractivity contribution >= 4 is 11.6 Å². The molecule has 1 aromatic rings. The molecule has 0 radical (unpaired) electrons. The number of likely N-dealkylation sites (N-methyl/N-ethyl adjacent to an activating group) is 1. The lowest BCUT2D eigenvalue weighted by Crippen LogP contribution is -2.14. The van der Waals surface area contributed by atoms with Crippen molar-refractivity contribution in [1.82, 2.24) is 5.32 Å². The lowest BCUT2D eigenvalue weighted by Gasteiger charge is -2.15. The van der Waals surface area contributed by atoms with Gasteiger partial charge in [0, 0.05) is 10.6 Å². The molecule has 0 fully saturated rings. The van der Waals surface area contributed by atoms with Crippen molar-refractivity contribution in [3.05, 3.63) is 41.4 Å². The van der Waals surface area contributed by atoms with E-state index in [1.54, 1.807) is 13.2 Å². The van der Waals surface area contributed by atoms with Crippen LogP contribution in [0, 0.1) is 0 Å². The molecule has 0 amide bonds. The number of benzene rings is 1. The molecular formula is C11H14ClNO. The van der Waals surface area contributed by atoms with E-state index < -0.39 is 0 Å². The fraction of sp³-hybridized carbons (Fsp3) is 0.273. The van der Waals surface area contributed by atoms with Crippen molar-refractivity contribution in [1.29, 1.82) is 0 Å². The van der Waals surface area contributed by atoms with Gasteiger partial charge in [-0.15, -0.1) is 6.58 Å². The highest BCUT2D eigenvalue weighted by Gasteiger charge is 2.11. The largest absolute Gasteiger partial charge is 0.496 e. The monoisotopic (exact) mass is 211 g/mol. The first kappa shape index (κ1) is 11.1. The molecule has 0 aliphatic rings. The third-order valence-electron chi connectivity index (χ3n) is 2.07. The maximum absolute atomic E-state index is 5.91. The van der Waals surface area contributed by atoms with E-state index in [0.29, 0.717) is 5.02 Å². The smallest absolute Gasteiger partial charge is 0.124 e. The zero-order valence-electron chi connectivity index (χ0n) is 8.38. The van der Waals surface area contributed by atoms with E-state index in [-0.39, 0.29) is 6.04 Å². The molecular weight excluding hydrogens is 198 g/mol. The molecule has 1 atom stereocenters. The Morgan fingerprint density at radius 1 is 1.57 bits per heavy atom. The van der Waals surface area contributed by atoms with Gasteiger partial charge < -0.3 is 10.1 Å². The van der Waals surface area contributed by atoms with Gasteiger partial charge in [-0.1, -0.05) is 17.7 Å². The van der Waals surface area contributed by atoms with Crippen molar-refractivity contribution in [2.24, 2.45) is 0 Å². The summed E-state index contributed by atoms with van der Waals surface area (Å²) >= 11 is 5.91. The number of hydrogen-bond acceptors (Lipinski definition) is 2. The second-order valence-corrected chi connectivity index (χ2v) is 3.32. The number of halogens is 1. The van der Waals surface area contributed by atoms with Gasteiger partial charge in [0.1, 0.15) is 5.75 Å². The van der Waals surface area contributed by atoms with Crippen molar-refractivity contribution in [3.63, 3.8) is 0 Å². The standard InChI is InChI=1S/C11H14ClNO/c1-4-10(13-2)9-7-8(12)5-6-11(9)14-3/h4-7,10,13H,1H2,2-3H3. The van der Waals surface area contributed by atoms with Gasteiger partial charge in [-0.2, -0.15) is 0 Å². The normalized spacial score (nSPS) is 12.2. The average molecular weight is 212 g/mol. The fourth-order valence-corrected chi connectivity index (χ4v) is 1.53. The molecule has 0 heterocycles. The van der Waals surface area contributed by atoms with Crippen LogP contribution in [0.15, 0.2) is 30.9 Å². The Morgan fingerprint density at radius 2 is 2.29 bits per heavy atom. The first-order valence-corrected chi connectivity index (χ1v) is 4.74. The minimum Gasteiger partial charge on any atom is -0.496 e. The Bertz CT molecular complexity index is 325. The molecule has 1 N–H and O–H groups in total. The molecule has 0 spiro atoms. The lowest BCUT2D eigenvalue weighted by molar-refractivity contribution is 0.406. The fourth-order valence-electron chi connectivity index (χ4n) is 1.35. The van der Waals surface area contributed by atoms with Gasteiger partial charge in [0.2, 0.25) is 0 Å². The first-order valence-electron chi connectivity index (χ1n) is 4.36. The van der Waals surface area contributed by atoms with Crippen LogP contribution >= 0.6 is 11.6 Å². The predicted octanol–water partition coefficient (Wildman–Crippen LogP) is 2.80. The van der Waals surface area contributed by atoms with Crippen LogP contribution in [0.3, 0.4) is 0 Å². The van der Waals surface area contributed by atoms with Crippen LogP contribution < -0.4 is 10.1 Å². The van der Waals surface area contributed by atoms with E-state index >= 15 is 0 Å². The number of ether oxygens (including phenoxy) is 1. The molecule has 0 aromatic heterocycles. The molecule has 0 saturated carbocycles. The first-order chi connectivity index (χ1) is 6.72. The summed E-state index contributed by atoms with van der Waals surface area (Å²) in [6, 6.07) is 5.60. The Labute approximate surface area is 89.5 Å². The van der Waals surface area contributed by atoms with Gasteiger partial charge in [0.05, 0.1) is 13.2 Å². The molecule has 0 aliphatic heterocycles. The van der Waals surface area contributed by atoms with Crippen LogP contribution in [-0.2, 0) is 0 Å². The van der Waals surface area contributed by atoms with Crippen LogP contribution in [0.5, 0.6) is 5.75 Å². The summed E-state index contributed by atoms with van der Waals surface area (Å²) < 4.78 is 5.24. The third kappa shape index (κ3) is 2.28. The highest BCUT2D eigenvalue weighted by atomic mass is 35.5. The van der Waals surface area contributed by atoms with E-state index in [0.717, 1.165) is 11.3 Å². The summed E-state index contributed by atoms with van der Waals surface area (Å²) in [6.45, 7) is 3.75. The Kier molecular flexibility index (Phi) is 3.98. The molecule has 2 nitrogen and oxygen atoms in total. The van der Waals surface area contributed by atoms with Crippen molar-refractivity contribution in [2.75, 3.05) is 14.2 Å². The topological polar surface area (TPSA) is 21.3 Å². The Balaban J connectivity index is 3.14. The minimum atomic E-state index is 0.0589. The molecule has 1 aromatic carbocycles. The lowest BCUT2D eigenvalue weighted by atomic mass is 10.1. The number of rotatable bonds is 4. The van der Waals surface area contributed by atoms with Crippen molar-refractivity contribution in [2.45, 2.75) is 6.04 Å². The summed E-state index contributed by atoms with van der Waals surface area (Å²) in [6.07, 6.45) is 1.81. The zero-order chi connectivity index (χ0) is 10.6. The van der Waals surface area contributed by atoms with Crippen molar-refractivity contribution < 1.29 is 4.74 Å². The zero-order valence-corrected chi connectivity index (χ0v) is 9.14. The van der Waals surface area contributed by atoms with Gasteiger partial charge in [0.15, 0.2) is 0 Å². The maximum Gasteiger partial charge on any atom is 0.124 e. The number of methoxy groups -OCH3 is 1. The van der Waals surface area contributed by atoms with Crippen LogP contribution in [0.1, 0.15) is 11.6 Å². The van der Waals surface area contributed by atoms with E-state index in [2.05, 4.69) is 11.9 Å². The molecule has 3 heteroatoms. The summed E-state index contributed by atoms with van der Waals surface area (Å²) in [7, 11) is 3.51. The molecule has 1 rings (SSSR count). The van der Waals surface area contributed by atoms with Crippen LogP contribution in [0.25, 0.3) is 0 Å². The molecule has 14 heavy (non-hydrogen) atoms. The Hall–Kier alpha value is -0.990. The number of hydrogen-bond donors (Lipinski definition) is 1. The summed E-state index contributed by atoms with van der Waals surface area (Å²) in [5.74, 6) is 0.814. The highest BCUT2D eigenvalue weighted by molar-refractivity contribution is 6.30. The van der Waals surface area contributed by atoms with Gasteiger partial charge in [-0.3, -0.25) is 0 Å². The van der Waals surface area contributed by atoms with Crippen molar-refractivity contribution in [3.8, 4) is 5.75 Å². The maximum atomic E-state index is 5.91. The predicted molar refractivity (Wildman–Crippen MR) is 60.0 cm³/mol.